The molecule has 0 N–H and O–H groups in total. The Morgan fingerprint density at radius 2 is 1.71 bits per heavy atom. The van der Waals surface area contributed by atoms with Gasteiger partial charge in [-0.2, -0.15) is 0 Å². The molecule has 2 fully saturated rings. The summed E-state index contributed by atoms with van der Waals surface area (Å²) in [7, 11) is -2.04. The van der Waals surface area contributed by atoms with Crippen molar-refractivity contribution in [3.05, 3.63) is 65.7 Å². The van der Waals surface area contributed by atoms with Crippen LogP contribution in [0.3, 0.4) is 0 Å². The van der Waals surface area contributed by atoms with Crippen LogP contribution in [0.25, 0.3) is 0 Å². The molecule has 2 aliphatic rings. The Morgan fingerprint density at radius 1 is 1.03 bits per heavy atom. The highest BCUT2D eigenvalue weighted by Crippen LogP contribution is 2.41. The standard InChI is InChI=1S/C23H26N2O5S/c1-30-20-9-5-8-19(14-20)15-21(26)24-12-10-23(11-13-24)25(22(27)17-31(23,28)29)16-18-6-3-2-4-7-18/h2-9,14H,10-13,15-17H2,1H3. The topological polar surface area (TPSA) is 84.0 Å². The minimum absolute atomic E-state index is 0.0561. The van der Waals surface area contributed by atoms with Crippen molar-refractivity contribution in [2.24, 2.45) is 0 Å². The predicted molar refractivity (Wildman–Crippen MR) is 116 cm³/mol. The molecule has 0 radical (unpaired) electrons. The van der Waals surface area contributed by atoms with Gasteiger partial charge < -0.3 is 14.5 Å². The predicted octanol–water partition coefficient (Wildman–Crippen LogP) is 2.01. The average molecular weight is 443 g/mol. The summed E-state index contributed by atoms with van der Waals surface area (Å²) in [6.07, 6.45) is 0.694. The lowest BCUT2D eigenvalue weighted by Gasteiger charge is -2.43. The van der Waals surface area contributed by atoms with E-state index < -0.39 is 20.5 Å². The summed E-state index contributed by atoms with van der Waals surface area (Å²) in [5, 5.41) is 0. The molecule has 0 aromatic heterocycles. The molecular formula is C23H26N2O5S. The second-order valence-corrected chi connectivity index (χ2v) is 10.4. The zero-order valence-corrected chi connectivity index (χ0v) is 18.3. The van der Waals surface area contributed by atoms with Crippen LogP contribution in [0.5, 0.6) is 5.75 Å². The number of rotatable bonds is 5. The van der Waals surface area contributed by atoms with E-state index in [9.17, 15) is 18.0 Å². The fraction of sp³-hybridized carbons (Fsp3) is 0.391. The molecular weight excluding hydrogens is 416 g/mol. The van der Waals surface area contributed by atoms with Crippen LogP contribution in [0.2, 0.25) is 0 Å². The summed E-state index contributed by atoms with van der Waals surface area (Å²) in [6, 6.07) is 16.8. The van der Waals surface area contributed by atoms with Crippen molar-refractivity contribution in [2.75, 3.05) is 26.0 Å². The van der Waals surface area contributed by atoms with Gasteiger partial charge in [-0.25, -0.2) is 8.42 Å². The monoisotopic (exact) mass is 442 g/mol. The van der Waals surface area contributed by atoms with Gasteiger partial charge in [-0.1, -0.05) is 42.5 Å². The van der Waals surface area contributed by atoms with Crippen molar-refractivity contribution >= 4 is 21.7 Å². The second-order valence-electron chi connectivity index (χ2n) is 8.08. The average Bonchev–Trinajstić information content (AvgIpc) is 2.94. The first-order valence-electron chi connectivity index (χ1n) is 10.3. The number of methoxy groups -OCH3 is 1. The number of hydrogen-bond donors (Lipinski definition) is 0. The van der Waals surface area contributed by atoms with Crippen molar-refractivity contribution in [3.63, 3.8) is 0 Å². The van der Waals surface area contributed by atoms with Crippen molar-refractivity contribution in [2.45, 2.75) is 30.7 Å². The van der Waals surface area contributed by atoms with Gasteiger partial charge in [0.05, 0.1) is 13.5 Å². The summed E-state index contributed by atoms with van der Waals surface area (Å²) in [6.45, 7) is 0.873. The molecule has 0 aliphatic carbocycles. The first-order chi connectivity index (χ1) is 14.8. The molecule has 164 valence electrons. The fourth-order valence-corrected chi connectivity index (χ4v) is 6.58. The van der Waals surface area contributed by atoms with E-state index in [1.54, 1.807) is 12.0 Å². The maximum Gasteiger partial charge on any atom is 0.239 e. The number of nitrogens with zero attached hydrogens (tertiary/aromatic N) is 2. The molecule has 2 heterocycles. The highest BCUT2D eigenvalue weighted by atomic mass is 32.2. The van der Waals surface area contributed by atoms with Crippen LogP contribution >= 0.6 is 0 Å². The number of likely N-dealkylation sites (tertiary alicyclic amines) is 1. The minimum atomic E-state index is -3.62. The van der Waals surface area contributed by atoms with Crippen molar-refractivity contribution < 1.29 is 22.7 Å². The van der Waals surface area contributed by atoms with Crippen LogP contribution in [0, 0.1) is 0 Å². The van der Waals surface area contributed by atoms with Gasteiger partial charge >= 0.3 is 0 Å². The number of ether oxygens (including phenoxy) is 1. The number of piperidine rings is 1. The zero-order chi connectivity index (χ0) is 22.1. The molecule has 31 heavy (non-hydrogen) atoms. The van der Waals surface area contributed by atoms with E-state index in [-0.39, 0.29) is 37.6 Å². The molecule has 2 aromatic rings. The van der Waals surface area contributed by atoms with E-state index in [1.807, 2.05) is 54.6 Å². The van der Waals surface area contributed by atoms with E-state index in [2.05, 4.69) is 0 Å². The van der Waals surface area contributed by atoms with Gasteiger partial charge in [-0.15, -0.1) is 0 Å². The molecule has 0 atom stereocenters. The Morgan fingerprint density at radius 3 is 2.39 bits per heavy atom. The molecule has 0 saturated carbocycles. The molecule has 2 amide bonds. The molecule has 2 saturated heterocycles. The van der Waals surface area contributed by atoms with Gasteiger partial charge in [-0.3, -0.25) is 9.59 Å². The molecule has 4 rings (SSSR count). The van der Waals surface area contributed by atoms with Crippen LogP contribution in [0.15, 0.2) is 54.6 Å². The van der Waals surface area contributed by atoms with E-state index in [0.29, 0.717) is 18.8 Å². The quantitative estimate of drug-likeness (QED) is 0.707. The molecule has 0 unspecified atom stereocenters. The van der Waals surface area contributed by atoms with Gasteiger partial charge in [0.25, 0.3) is 0 Å². The molecule has 1 spiro atoms. The van der Waals surface area contributed by atoms with E-state index in [0.717, 1.165) is 11.1 Å². The molecule has 7 nitrogen and oxygen atoms in total. The zero-order valence-electron chi connectivity index (χ0n) is 17.5. The largest absolute Gasteiger partial charge is 0.497 e. The fourth-order valence-electron chi connectivity index (χ4n) is 4.52. The normalized spacial score (nSPS) is 19.6. The first-order valence-corrected chi connectivity index (χ1v) is 12.0. The number of benzene rings is 2. The van der Waals surface area contributed by atoms with E-state index >= 15 is 0 Å². The van der Waals surface area contributed by atoms with Crippen LogP contribution in [-0.4, -0.2) is 60.9 Å². The van der Waals surface area contributed by atoms with Gasteiger partial charge in [0.15, 0.2) is 9.84 Å². The third-order valence-electron chi connectivity index (χ3n) is 6.26. The SMILES string of the molecule is COc1cccc(CC(=O)N2CCC3(CC2)N(Cc2ccccc2)C(=O)CS3(=O)=O)c1. The lowest BCUT2D eigenvalue weighted by atomic mass is 10.00. The Labute approximate surface area is 182 Å². The van der Waals surface area contributed by atoms with Gasteiger partial charge in [0, 0.05) is 32.5 Å². The Hall–Kier alpha value is -2.87. The van der Waals surface area contributed by atoms with Crippen molar-refractivity contribution in [1.29, 1.82) is 0 Å². The number of hydrogen-bond acceptors (Lipinski definition) is 5. The smallest absolute Gasteiger partial charge is 0.239 e. The minimum Gasteiger partial charge on any atom is -0.497 e. The third-order valence-corrected chi connectivity index (χ3v) is 8.67. The summed E-state index contributed by atoms with van der Waals surface area (Å²) in [4.78, 5) is 27.4. The molecule has 2 aromatic carbocycles. The summed E-state index contributed by atoms with van der Waals surface area (Å²) in [5.74, 6) is -0.188. The molecule has 8 heteroatoms. The van der Waals surface area contributed by atoms with E-state index in [4.69, 9.17) is 4.74 Å². The Kier molecular flexibility index (Phi) is 5.75. The highest BCUT2D eigenvalue weighted by Gasteiger charge is 2.58. The second kappa shape index (κ2) is 8.34. The van der Waals surface area contributed by atoms with Crippen molar-refractivity contribution in [3.8, 4) is 5.75 Å². The van der Waals surface area contributed by atoms with Crippen LogP contribution in [0.1, 0.15) is 24.0 Å². The lowest BCUT2D eigenvalue weighted by molar-refractivity contribution is -0.135. The maximum atomic E-state index is 13.0. The number of carbonyl (C=O) groups excluding carboxylic acids is 2. The third kappa shape index (κ3) is 4.04. The number of sulfone groups is 1. The summed E-state index contributed by atoms with van der Waals surface area (Å²) >= 11 is 0. The Balaban J connectivity index is 1.49. The van der Waals surface area contributed by atoms with E-state index in [1.165, 1.54) is 4.90 Å². The van der Waals surface area contributed by atoms with Crippen LogP contribution in [-0.2, 0) is 32.4 Å². The molecule has 2 aliphatic heterocycles. The summed E-state index contributed by atoms with van der Waals surface area (Å²) < 4.78 is 31.2. The highest BCUT2D eigenvalue weighted by molar-refractivity contribution is 7.93. The van der Waals surface area contributed by atoms with Gasteiger partial charge in [-0.05, 0) is 23.3 Å². The summed E-state index contributed by atoms with van der Waals surface area (Å²) in [5.41, 5.74) is 1.74. The van der Waals surface area contributed by atoms with Crippen LogP contribution < -0.4 is 4.74 Å². The van der Waals surface area contributed by atoms with Crippen molar-refractivity contribution in [1.82, 2.24) is 9.80 Å². The molecule has 0 bridgehead atoms. The number of amides is 2. The van der Waals surface area contributed by atoms with Gasteiger partial charge in [0.1, 0.15) is 16.4 Å². The van der Waals surface area contributed by atoms with Gasteiger partial charge in [0.2, 0.25) is 11.8 Å². The Bertz CT molecular complexity index is 1080. The maximum absolute atomic E-state index is 13.0. The number of carbonyl (C=O) groups is 2. The lowest BCUT2D eigenvalue weighted by Crippen LogP contribution is -2.56. The van der Waals surface area contributed by atoms with Crippen LogP contribution in [0.4, 0.5) is 0 Å². The first kappa shape index (κ1) is 21.4.